The van der Waals surface area contributed by atoms with Gasteiger partial charge >= 0.3 is 5.97 Å². The molecule has 0 aliphatic carbocycles. The standard InChI is InChI=1S/C8H12N2O3S/c1-6(10)7(14-5-9)8(11)13-4-3-12-2/h3-4,10H2,1-2H3/b7-6+. The van der Waals surface area contributed by atoms with Crippen molar-refractivity contribution in [3.8, 4) is 5.40 Å². The van der Waals surface area contributed by atoms with E-state index >= 15 is 0 Å². The van der Waals surface area contributed by atoms with Gasteiger partial charge in [0.15, 0.2) is 0 Å². The van der Waals surface area contributed by atoms with Crippen LogP contribution in [-0.2, 0) is 14.3 Å². The summed E-state index contributed by atoms with van der Waals surface area (Å²) in [5, 5.41) is 10.2. The van der Waals surface area contributed by atoms with E-state index in [0.717, 1.165) is 0 Å². The monoisotopic (exact) mass is 216 g/mol. The zero-order valence-corrected chi connectivity index (χ0v) is 8.89. The maximum atomic E-state index is 11.3. The summed E-state index contributed by atoms with van der Waals surface area (Å²) in [7, 11) is 1.50. The predicted octanol–water partition coefficient (Wildman–Crippen LogP) is 0.580. The number of hydrogen-bond acceptors (Lipinski definition) is 6. The Morgan fingerprint density at radius 2 is 2.21 bits per heavy atom. The number of nitrogens with zero attached hydrogens (tertiary/aromatic N) is 1. The highest BCUT2D eigenvalue weighted by molar-refractivity contribution is 8.08. The van der Waals surface area contributed by atoms with Gasteiger partial charge in [0.2, 0.25) is 0 Å². The van der Waals surface area contributed by atoms with E-state index in [0.29, 0.717) is 18.4 Å². The van der Waals surface area contributed by atoms with Gasteiger partial charge in [-0.3, -0.25) is 0 Å². The van der Waals surface area contributed by atoms with E-state index in [1.54, 1.807) is 5.40 Å². The van der Waals surface area contributed by atoms with Crippen LogP contribution in [0.15, 0.2) is 10.6 Å². The minimum Gasteiger partial charge on any atom is -0.459 e. The fraction of sp³-hybridized carbons (Fsp3) is 0.500. The number of carbonyl (C=O) groups is 1. The number of rotatable bonds is 5. The Hall–Kier alpha value is -1.19. The van der Waals surface area contributed by atoms with Crippen molar-refractivity contribution in [2.24, 2.45) is 5.73 Å². The van der Waals surface area contributed by atoms with E-state index in [2.05, 4.69) is 0 Å². The average Bonchev–Trinajstić information content (AvgIpc) is 2.13. The summed E-state index contributed by atoms with van der Waals surface area (Å²) in [6, 6.07) is 0. The molecule has 0 atom stereocenters. The SMILES string of the molecule is COCCOC(=O)/C(SC#N)=C(/C)N. The van der Waals surface area contributed by atoms with Crippen LogP contribution in [0, 0.1) is 10.7 Å². The van der Waals surface area contributed by atoms with E-state index < -0.39 is 5.97 Å². The smallest absolute Gasteiger partial charge is 0.347 e. The molecule has 78 valence electrons. The molecule has 6 heteroatoms. The molecule has 0 aliphatic heterocycles. The number of ether oxygens (including phenoxy) is 2. The maximum Gasteiger partial charge on any atom is 0.347 e. The molecule has 0 heterocycles. The van der Waals surface area contributed by atoms with E-state index in [1.165, 1.54) is 14.0 Å². The zero-order valence-electron chi connectivity index (χ0n) is 8.07. The number of allylic oxidation sites excluding steroid dienone is 1. The zero-order chi connectivity index (χ0) is 11.0. The van der Waals surface area contributed by atoms with Crippen molar-refractivity contribution in [2.75, 3.05) is 20.3 Å². The summed E-state index contributed by atoms with van der Waals surface area (Å²) < 4.78 is 9.48. The molecule has 0 aromatic carbocycles. The van der Waals surface area contributed by atoms with Gasteiger partial charge in [0.05, 0.1) is 6.61 Å². The number of thiocyanates is 1. The summed E-state index contributed by atoms with van der Waals surface area (Å²) in [6.45, 7) is 2.01. The molecule has 0 aromatic heterocycles. The van der Waals surface area contributed by atoms with Crippen LogP contribution in [0.1, 0.15) is 6.92 Å². The van der Waals surface area contributed by atoms with Gasteiger partial charge in [0.25, 0.3) is 0 Å². The normalized spacial score (nSPS) is 11.5. The molecular weight excluding hydrogens is 204 g/mol. The molecule has 0 unspecified atom stereocenters. The number of nitrogens with two attached hydrogens (primary N) is 1. The molecule has 0 amide bonds. The highest BCUT2D eigenvalue weighted by Gasteiger charge is 2.13. The Bertz CT molecular complexity index is 266. The van der Waals surface area contributed by atoms with E-state index in [4.69, 9.17) is 20.5 Å². The molecule has 0 fully saturated rings. The lowest BCUT2D eigenvalue weighted by molar-refractivity contribution is -0.139. The molecule has 0 aromatic rings. The van der Waals surface area contributed by atoms with Gasteiger partial charge in [-0.15, -0.1) is 0 Å². The molecule has 0 bridgehead atoms. The third-order valence-corrected chi connectivity index (χ3v) is 2.00. The first kappa shape index (κ1) is 12.8. The molecule has 0 spiro atoms. The van der Waals surface area contributed by atoms with Crippen LogP contribution < -0.4 is 5.73 Å². The summed E-state index contributed by atoms with van der Waals surface area (Å²) in [4.78, 5) is 11.4. The maximum absolute atomic E-state index is 11.3. The van der Waals surface area contributed by atoms with Crippen molar-refractivity contribution in [3.63, 3.8) is 0 Å². The van der Waals surface area contributed by atoms with Crippen molar-refractivity contribution in [1.82, 2.24) is 0 Å². The van der Waals surface area contributed by atoms with Gasteiger partial charge < -0.3 is 15.2 Å². The van der Waals surface area contributed by atoms with Crippen LogP contribution in [-0.4, -0.2) is 26.3 Å². The summed E-state index contributed by atoms with van der Waals surface area (Å²) >= 11 is 0.695. The second kappa shape index (κ2) is 7.24. The molecule has 0 saturated heterocycles. The second-order valence-corrected chi connectivity index (χ2v) is 3.13. The Balaban J connectivity index is 4.20. The highest BCUT2D eigenvalue weighted by atomic mass is 32.2. The minimum atomic E-state index is -0.589. The van der Waals surface area contributed by atoms with Crippen molar-refractivity contribution in [2.45, 2.75) is 6.92 Å². The van der Waals surface area contributed by atoms with Crippen LogP contribution in [0.5, 0.6) is 0 Å². The van der Waals surface area contributed by atoms with Crippen molar-refractivity contribution in [1.29, 1.82) is 5.26 Å². The van der Waals surface area contributed by atoms with Crippen LogP contribution in [0.2, 0.25) is 0 Å². The number of thioether (sulfide) groups is 1. The van der Waals surface area contributed by atoms with E-state index in [-0.39, 0.29) is 17.2 Å². The first-order valence-electron chi connectivity index (χ1n) is 3.81. The van der Waals surface area contributed by atoms with Gasteiger partial charge in [0, 0.05) is 12.8 Å². The first-order chi connectivity index (χ1) is 6.63. The van der Waals surface area contributed by atoms with Crippen molar-refractivity contribution >= 4 is 17.7 Å². The molecule has 14 heavy (non-hydrogen) atoms. The Labute approximate surface area is 86.8 Å². The van der Waals surface area contributed by atoms with Gasteiger partial charge in [-0.2, -0.15) is 5.26 Å². The van der Waals surface area contributed by atoms with Crippen LogP contribution in [0.25, 0.3) is 0 Å². The van der Waals surface area contributed by atoms with Crippen molar-refractivity contribution < 1.29 is 14.3 Å². The Kier molecular flexibility index (Phi) is 6.62. The topological polar surface area (TPSA) is 85.3 Å². The summed E-state index contributed by atoms with van der Waals surface area (Å²) in [5.74, 6) is -0.589. The van der Waals surface area contributed by atoms with Crippen LogP contribution in [0.3, 0.4) is 0 Å². The number of hydrogen-bond donors (Lipinski definition) is 1. The Morgan fingerprint density at radius 1 is 1.57 bits per heavy atom. The van der Waals surface area contributed by atoms with E-state index in [9.17, 15) is 4.79 Å². The lowest BCUT2D eigenvalue weighted by atomic mass is 10.4. The summed E-state index contributed by atoms with van der Waals surface area (Å²) in [6.07, 6.45) is 0. The highest BCUT2D eigenvalue weighted by Crippen LogP contribution is 2.17. The van der Waals surface area contributed by atoms with E-state index in [1.807, 2.05) is 0 Å². The molecular formula is C8H12N2O3S. The van der Waals surface area contributed by atoms with Crippen LogP contribution in [0.4, 0.5) is 0 Å². The lowest BCUT2D eigenvalue weighted by Crippen LogP contribution is -2.13. The van der Waals surface area contributed by atoms with Gasteiger partial charge in [-0.1, -0.05) is 0 Å². The number of nitriles is 1. The summed E-state index contributed by atoms with van der Waals surface area (Å²) in [5.41, 5.74) is 5.68. The Morgan fingerprint density at radius 3 is 2.64 bits per heavy atom. The molecule has 0 aliphatic rings. The number of carbonyl (C=O) groups excluding carboxylic acids is 1. The quantitative estimate of drug-likeness (QED) is 0.313. The number of esters is 1. The lowest BCUT2D eigenvalue weighted by Gasteiger charge is -2.05. The third-order valence-electron chi connectivity index (χ3n) is 1.21. The van der Waals surface area contributed by atoms with Gasteiger partial charge in [0.1, 0.15) is 16.9 Å². The predicted molar refractivity (Wildman–Crippen MR) is 52.9 cm³/mol. The van der Waals surface area contributed by atoms with Gasteiger partial charge in [-0.25, -0.2) is 4.79 Å². The third kappa shape index (κ3) is 4.74. The van der Waals surface area contributed by atoms with Crippen molar-refractivity contribution in [3.05, 3.63) is 10.6 Å². The molecule has 5 nitrogen and oxygen atoms in total. The molecule has 0 radical (unpaired) electrons. The second-order valence-electron chi connectivity index (χ2n) is 2.33. The molecule has 0 saturated carbocycles. The number of methoxy groups -OCH3 is 1. The average molecular weight is 216 g/mol. The minimum absolute atomic E-state index is 0.128. The first-order valence-corrected chi connectivity index (χ1v) is 4.63. The van der Waals surface area contributed by atoms with Gasteiger partial charge in [-0.05, 0) is 18.7 Å². The fourth-order valence-corrected chi connectivity index (χ4v) is 1.01. The fourth-order valence-electron chi connectivity index (χ4n) is 0.612. The molecule has 0 rings (SSSR count). The molecule has 2 N–H and O–H groups in total. The van der Waals surface area contributed by atoms with Crippen LogP contribution >= 0.6 is 11.8 Å². The largest absolute Gasteiger partial charge is 0.459 e.